The highest BCUT2D eigenvalue weighted by Crippen LogP contribution is 2.70. The molecule has 0 amide bonds. The lowest BCUT2D eigenvalue weighted by Gasteiger charge is -2.39. The van der Waals surface area contributed by atoms with E-state index in [-0.39, 0.29) is 47.1 Å². The third-order valence-electron chi connectivity index (χ3n) is 8.30. The first kappa shape index (κ1) is 23.5. The second kappa shape index (κ2) is 7.87. The SMILES string of the molecule is CC1(C)[C@@H]2CC[C@@]1(C)[C@@H](O[P+](O)([S-])OC[C@H]1O[C@@H](n3cnc4c([O-])nc(N)nc43)C[C@@H]1O)C2. The van der Waals surface area contributed by atoms with Crippen molar-refractivity contribution in [3.8, 4) is 5.88 Å². The number of hydrogen-bond acceptors (Lipinski definition) is 11. The molecule has 1 saturated heterocycles. The number of anilines is 1. The molecule has 5 rings (SSSR count). The molecule has 33 heavy (non-hydrogen) atoms. The van der Waals surface area contributed by atoms with Gasteiger partial charge in [-0.2, -0.15) is 14.0 Å². The maximum absolute atomic E-state index is 12.0. The summed E-state index contributed by atoms with van der Waals surface area (Å²) < 4.78 is 19.1. The van der Waals surface area contributed by atoms with E-state index in [1.165, 1.54) is 10.9 Å². The summed E-state index contributed by atoms with van der Waals surface area (Å²) >= 11 is 5.30. The Morgan fingerprint density at radius 2 is 2.12 bits per heavy atom. The molecule has 2 aromatic heterocycles. The maximum Gasteiger partial charge on any atom is 0.286 e. The van der Waals surface area contributed by atoms with Gasteiger partial charge < -0.3 is 32.9 Å². The molecule has 11 nitrogen and oxygen atoms in total. The topological polar surface area (TPSA) is 161 Å². The minimum atomic E-state index is -3.54. The van der Waals surface area contributed by atoms with Gasteiger partial charge in [-0.25, -0.2) is 14.9 Å². The molecule has 1 unspecified atom stereocenters. The van der Waals surface area contributed by atoms with Crippen LogP contribution in [0, 0.1) is 16.7 Å². The minimum Gasteiger partial charge on any atom is -0.857 e. The van der Waals surface area contributed by atoms with Crippen LogP contribution in [0.5, 0.6) is 5.88 Å². The van der Waals surface area contributed by atoms with E-state index < -0.39 is 31.5 Å². The Bertz CT molecular complexity index is 1070. The van der Waals surface area contributed by atoms with E-state index in [2.05, 4.69) is 35.7 Å². The summed E-state index contributed by atoms with van der Waals surface area (Å²) in [5, 5.41) is 22.5. The van der Waals surface area contributed by atoms with Crippen molar-refractivity contribution in [2.24, 2.45) is 16.7 Å². The van der Waals surface area contributed by atoms with Gasteiger partial charge in [0.15, 0.2) is 5.65 Å². The van der Waals surface area contributed by atoms with Gasteiger partial charge in [-0.05, 0) is 30.6 Å². The summed E-state index contributed by atoms with van der Waals surface area (Å²) in [5.74, 6) is -0.200. The van der Waals surface area contributed by atoms with Crippen molar-refractivity contribution in [2.45, 2.75) is 71.0 Å². The molecule has 182 valence electrons. The zero-order valence-corrected chi connectivity index (χ0v) is 20.5. The lowest BCUT2D eigenvalue weighted by atomic mass is 9.70. The molecule has 2 saturated carbocycles. The molecule has 2 bridgehead atoms. The largest absolute Gasteiger partial charge is 0.857 e. The Kier molecular flexibility index (Phi) is 5.60. The van der Waals surface area contributed by atoms with Gasteiger partial charge in [-0.1, -0.05) is 20.8 Å². The van der Waals surface area contributed by atoms with Gasteiger partial charge in [0.1, 0.15) is 30.6 Å². The van der Waals surface area contributed by atoms with Crippen LogP contribution in [0.2, 0.25) is 0 Å². The fraction of sp³-hybridized carbons (Fsp3) is 0.750. The standard InChI is InChI=1S/C20H30N5O6PS/c1-19(2)10-4-5-20(19,3)13(6-10)31-32(28,33)29-8-12-11(26)7-14(30-12)25-9-22-15-16(25)23-18(21)24-17(15)27/h9-14,26H,4-8H2,1-3H3,(H,28,33)(H3,21,23,24,27)/p-1/t10-,11+,12-,13+,14-,20+,32?/m1/s1. The lowest BCUT2D eigenvalue weighted by Crippen LogP contribution is -2.37. The molecule has 3 heterocycles. The van der Waals surface area contributed by atoms with Gasteiger partial charge in [0.25, 0.3) is 7.15 Å². The number of imidazole rings is 1. The zero-order chi connectivity index (χ0) is 23.8. The van der Waals surface area contributed by atoms with Crippen molar-refractivity contribution in [2.75, 3.05) is 12.3 Å². The highest BCUT2D eigenvalue weighted by Gasteiger charge is 2.64. The molecule has 0 radical (unpaired) electrons. The van der Waals surface area contributed by atoms with Gasteiger partial charge in [0.05, 0.1) is 12.4 Å². The molecular weight excluding hydrogens is 469 g/mol. The zero-order valence-electron chi connectivity index (χ0n) is 18.7. The van der Waals surface area contributed by atoms with Crippen LogP contribution in [0.25, 0.3) is 11.2 Å². The van der Waals surface area contributed by atoms with Crippen molar-refractivity contribution in [3.05, 3.63) is 6.33 Å². The number of ether oxygens (including phenoxy) is 1. The summed E-state index contributed by atoms with van der Waals surface area (Å²) in [5.41, 5.74) is 5.96. The summed E-state index contributed by atoms with van der Waals surface area (Å²) in [6, 6.07) is 0. The number of nitrogen functional groups attached to an aromatic ring is 1. The number of aliphatic hydroxyl groups is 1. The number of nitrogens with zero attached hydrogens (tertiary/aromatic N) is 4. The average molecular weight is 499 g/mol. The molecule has 13 heteroatoms. The van der Waals surface area contributed by atoms with E-state index in [0.717, 1.165) is 19.3 Å². The van der Waals surface area contributed by atoms with Gasteiger partial charge in [0, 0.05) is 17.7 Å². The molecule has 1 aliphatic heterocycles. The molecule has 4 N–H and O–H groups in total. The second-order valence-corrected chi connectivity index (χ2v) is 12.9. The van der Waals surface area contributed by atoms with Crippen LogP contribution in [0.1, 0.15) is 52.7 Å². The lowest BCUT2D eigenvalue weighted by molar-refractivity contribution is -0.272. The summed E-state index contributed by atoms with van der Waals surface area (Å²) in [7, 11) is -3.54. The molecule has 7 atom stereocenters. The van der Waals surface area contributed by atoms with Crippen molar-refractivity contribution < 1.29 is 28.9 Å². The van der Waals surface area contributed by atoms with Crippen molar-refractivity contribution in [1.82, 2.24) is 19.5 Å². The number of aromatic nitrogens is 4. The van der Waals surface area contributed by atoms with Crippen molar-refractivity contribution in [1.29, 1.82) is 0 Å². The molecule has 0 spiro atoms. The number of fused-ring (bicyclic) bond motifs is 3. The van der Waals surface area contributed by atoms with E-state index in [1.54, 1.807) is 0 Å². The monoisotopic (exact) mass is 498 g/mol. The summed E-state index contributed by atoms with van der Waals surface area (Å²) in [4.78, 5) is 22.4. The van der Waals surface area contributed by atoms with Gasteiger partial charge in [-0.3, -0.25) is 4.57 Å². The van der Waals surface area contributed by atoms with Crippen molar-refractivity contribution in [3.63, 3.8) is 0 Å². The molecule has 3 aliphatic rings. The first-order valence-electron chi connectivity index (χ1n) is 11.1. The predicted octanol–water partition coefficient (Wildman–Crippen LogP) is 1.60. The summed E-state index contributed by atoms with van der Waals surface area (Å²) in [6.07, 6.45) is 2.24. The Labute approximate surface area is 197 Å². The highest BCUT2D eigenvalue weighted by atomic mass is 32.7. The molecule has 0 aromatic carbocycles. The average Bonchev–Trinajstić information content (AvgIpc) is 3.40. The number of nitrogens with two attached hydrogens (primary N) is 1. The van der Waals surface area contributed by atoms with Gasteiger partial charge in [0.2, 0.25) is 5.95 Å². The fourth-order valence-electron chi connectivity index (χ4n) is 5.80. The third-order valence-corrected chi connectivity index (χ3v) is 9.87. The van der Waals surface area contributed by atoms with Gasteiger partial charge >= 0.3 is 0 Å². The van der Waals surface area contributed by atoms with Crippen LogP contribution in [0.3, 0.4) is 0 Å². The summed E-state index contributed by atoms with van der Waals surface area (Å²) in [6.45, 7) is 6.59. The second-order valence-electron chi connectivity index (χ2n) is 10.1. The Balaban J connectivity index is 1.23. The first-order chi connectivity index (χ1) is 15.4. The number of rotatable bonds is 6. The molecule has 3 fully saturated rings. The van der Waals surface area contributed by atoms with Crippen LogP contribution >= 0.6 is 7.15 Å². The van der Waals surface area contributed by atoms with E-state index in [1.807, 2.05) is 0 Å². The van der Waals surface area contributed by atoms with Crippen LogP contribution in [0.4, 0.5) is 5.95 Å². The van der Waals surface area contributed by atoms with Crippen LogP contribution in [0.15, 0.2) is 6.33 Å². The molecule has 2 aliphatic carbocycles. The van der Waals surface area contributed by atoms with Crippen molar-refractivity contribution >= 4 is 36.5 Å². The van der Waals surface area contributed by atoms with E-state index >= 15 is 0 Å². The Hall–Kier alpha value is -1.27. The minimum absolute atomic E-state index is 0.0606. The predicted molar refractivity (Wildman–Crippen MR) is 120 cm³/mol. The van der Waals surface area contributed by atoms with Crippen LogP contribution in [-0.4, -0.2) is 54.4 Å². The number of aliphatic hydroxyl groups excluding tert-OH is 1. The van der Waals surface area contributed by atoms with E-state index in [9.17, 15) is 15.1 Å². The normalized spacial score (nSPS) is 37.1. The Morgan fingerprint density at radius 1 is 1.36 bits per heavy atom. The number of hydrogen-bond donors (Lipinski definition) is 3. The first-order valence-corrected chi connectivity index (χ1v) is 13.7. The third kappa shape index (κ3) is 3.80. The van der Waals surface area contributed by atoms with Gasteiger partial charge in [-0.15, -0.1) is 0 Å². The van der Waals surface area contributed by atoms with E-state index in [4.69, 9.17) is 31.8 Å². The van der Waals surface area contributed by atoms with Crippen LogP contribution < -0.4 is 10.8 Å². The fourth-order valence-corrected chi connectivity index (χ4v) is 7.33. The molecular formula is C20H29N5O6PS-. The maximum atomic E-state index is 12.0. The van der Waals surface area contributed by atoms with E-state index in [0.29, 0.717) is 5.92 Å². The highest BCUT2D eigenvalue weighted by molar-refractivity contribution is 8.35. The molecule has 2 aromatic rings. The quantitative estimate of drug-likeness (QED) is 0.392. The smallest absolute Gasteiger partial charge is 0.286 e. The Morgan fingerprint density at radius 3 is 2.79 bits per heavy atom. The van der Waals surface area contributed by atoms with Crippen LogP contribution in [-0.2, 0) is 26.0 Å².